The second kappa shape index (κ2) is 5.70. The van der Waals surface area contributed by atoms with Gasteiger partial charge in [0.1, 0.15) is 9.71 Å². The summed E-state index contributed by atoms with van der Waals surface area (Å²) in [6.45, 7) is 3.02. The molecule has 0 radical (unpaired) electrons. The van der Waals surface area contributed by atoms with Crippen molar-refractivity contribution < 1.29 is 15.0 Å². The van der Waals surface area contributed by atoms with Gasteiger partial charge in [-0.25, -0.2) is 0 Å². The lowest BCUT2D eigenvalue weighted by molar-refractivity contribution is 0.0884. The Hall–Kier alpha value is -1.77. The number of nitrogens with two attached hydrogens (primary N) is 1. The lowest BCUT2D eigenvalue weighted by Gasteiger charge is -2.12. The van der Waals surface area contributed by atoms with Gasteiger partial charge >= 0.3 is 0 Å². The van der Waals surface area contributed by atoms with Crippen molar-refractivity contribution in [2.75, 3.05) is 18.9 Å². The molecule has 108 valence electrons. The van der Waals surface area contributed by atoms with E-state index in [1.165, 1.54) is 0 Å². The zero-order chi connectivity index (χ0) is 14.9. The predicted molar refractivity (Wildman–Crippen MR) is 76.7 cm³/mol. The highest BCUT2D eigenvalue weighted by molar-refractivity contribution is 7.21. The number of aliphatic hydroxyl groups is 2. The van der Waals surface area contributed by atoms with E-state index in [4.69, 9.17) is 15.9 Å². The molecule has 0 bridgehead atoms. The number of hydrogen-bond acceptors (Lipinski definition) is 7. The number of rotatable bonds is 4. The molecule has 2 aromatic rings. The van der Waals surface area contributed by atoms with E-state index in [0.717, 1.165) is 28.0 Å². The molecule has 2 rings (SSSR count). The van der Waals surface area contributed by atoms with Crippen molar-refractivity contribution in [2.24, 2.45) is 0 Å². The van der Waals surface area contributed by atoms with Crippen molar-refractivity contribution in [3.63, 3.8) is 0 Å². The first kappa shape index (κ1) is 14.6. The maximum Gasteiger partial charge on any atom is 0.263 e. The lowest BCUT2D eigenvalue weighted by atomic mass is 10.1. The fourth-order valence-corrected chi connectivity index (χ4v) is 2.81. The second-order valence-corrected chi connectivity index (χ2v) is 5.47. The van der Waals surface area contributed by atoms with Crippen molar-refractivity contribution in [2.45, 2.75) is 19.9 Å². The molecule has 0 aliphatic carbocycles. The van der Waals surface area contributed by atoms with Crippen molar-refractivity contribution >= 4 is 33.1 Å². The average Bonchev–Trinajstić information content (AvgIpc) is 2.78. The molecular weight excluding hydrogens is 280 g/mol. The van der Waals surface area contributed by atoms with Crippen LogP contribution in [0, 0.1) is 13.8 Å². The minimum Gasteiger partial charge on any atom is -0.397 e. The molecule has 1 amide bonds. The Kier molecular flexibility index (Phi) is 4.17. The number of carbonyl (C=O) groups excluding carboxylic acids is 1. The second-order valence-electron chi connectivity index (χ2n) is 4.47. The van der Waals surface area contributed by atoms with Crippen LogP contribution in [0.25, 0.3) is 10.2 Å². The summed E-state index contributed by atoms with van der Waals surface area (Å²) in [6.07, 6.45) is 0. The minimum absolute atomic E-state index is 0.315. The summed E-state index contributed by atoms with van der Waals surface area (Å²) in [5.41, 5.74) is 8.03. The summed E-state index contributed by atoms with van der Waals surface area (Å²) < 4.78 is 0. The van der Waals surface area contributed by atoms with Gasteiger partial charge in [-0.05, 0) is 19.4 Å². The van der Waals surface area contributed by atoms with Gasteiger partial charge in [-0.15, -0.1) is 16.4 Å². The van der Waals surface area contributed by atoms with Gasteiger partial charge in [0, 0.05) is 5.39 Å². The molecule has 0 atom stereocenters. The van der Waals surface area contributed by atoms with Gasteiger partial charge in [-0.1, -0.05) is 0 Å². The molecule has 0 spiro atoms. The Morgan fingerprint density at radius 2 is 2.00 bits per heavy atom. The van der Waals surface area contributed by atoms with Gasteiger partial charge in [-0.3, -0.25) is 4.79 Å². The first-order valence-corrected chi connectivity index (χ1v) is 6.85. The zero-order valence-corrected chi connectivity index (χ0v) is 12.0. The maximum atomic E-state index is 12.1. The van der Waals surface area contributed by atoms with Crippen LogP contribution in [0.3, 0.4) is 0 Å². The van der Waals surface area contributed by atoms with Gasteiger partial charge in [-0.2, -0.15) is 5.10 Å². The zero-order valence-electron chi connectivity index (χ0n) is 11.2. The van der Waals surface area contributed by atoms with Crippen molar-refractivity contribution in [1.82, 2.24) is 15.5 Å². The van der Waals surface area contributed by atoms with Crippen molar-refractivity contribution in [3.05, 3.63) is 16.1 Å². The first-order valence-electron chi connectivity index (χ1n) is 6.04. The molecule has 2 heterocycles. The third-order valence-corrected chi connectivity index (χ3v) is 4.21. The van der Waals surface area contributed by atoms with Gasteiger partial charge in [0.2, 0.25) is 0 Å². The minimum atomic E-state index is -0.707. The number of amides is 1. The van der Waals surface area contributed by atoms with Crippen LogP contribution in [-0.4, -0.2) is 45.6 Å². The molecular formula is C12H16N4O3S. The van der Waals surface area contributed by atoms with Crippen LogP contribution in [0.2, 0.25) is 0 Å². The van der Waals surface area contributed by atoms with E-state index in [1.54, 1.807) is 0 Å². The van der Waals surface area contributed by atoms with Gasteiger partial charge in [0.15, 0.2) is 0 Å². The number of anilines is 1. The number of nitrogens with one attached hydrogen (secondary N) is 1. The Morgan fingerprint density at radius 3 is 2.60 bits per heavy atom. The highest BCUT2D eigenvalue weighted by Gasteiger charge is 2.21. The fraction of sp³-hybridized carbons (Fsp3) is 0.417. The van der Waals surface area contributed by atoms with Gasteiger partial charge < -0.3 is 21.3 Å². The quantitative estimate of drug-likeness (QED) is 0.629. The third kappa shape index (κ3) is 2.45. The molecule has 0 aliphatic heterocycles. The van der Waals surface area contributed by atoms with Crippen LogP contribution in [-0.2, 0) is 0 Å². The molecule has 0 aliphatic rings. The Morgan fingerprint density at radius 1 is 1.35 bits per heavy atom. The lowest BCUT2D eigenvalue weighted by Crippen LogP contribution is -2.39. The monoisotopic (exact) mass is 296 g/mol. The molecule has 2 aromatic heterocycles. The Bertz CT molecular complexity index is 652. The summed E-state index contributed by atoms with van der Waals surface area (Å²) in [5, 5.41) is 29.3. The molecule has 0 aromatic carbocycles. The van der Waals surface area contributed by atoms with Crippen LogP contribution in [0.4, 0.5) is 5.69 Å². The van der Waals surface area contributed by atoms with E-state index in [9.17, 15) is 4.79 Å². The maximum absolute atomic E-state index is 12.1. The number of nitrogens with zero attached hydrogens (tertiary/aromatic N) is 2. The topological polar surface area (TPSA) is 121 Å². The van der Waals surface area contributed by atoms with Gasteiger partial charge in [0.25, 0.3) is 5.91 Å². The number of nitrogen functional groups attached to an aromatic ring is 1. The smallest absolute Gasteiger partial charge is 0.263 e. The summed E-state index contributed by atoms with van der Waals surface area (Å²) in [6, 6.07) is -0.707. The molecule has 5 N–H and O–H groups in total. The molecule has 20 heavy (non-hydrogen) atoms. The number of aromatic nitrogens is 2. The van der Waals surface area contributed by atoms with E-state index in [-0.39, 0.29) is 13.2 Å². The number of hydrogen-bond donors (Lipinski definition) is 4. The number of carbonyl (C=O) groups is 1. The summed E-state index contributed by atoms with van der Waals surface area (Å²) in [4.78, 5) is 13.0. The molecule has 0 saturated carbocycles. The molecule has 0 saturated heterocycles. The van der Waals surface area contributed by atoms with Crippen LogP contribution in [0.5, 0.6) is 0 Å². The summed E-state index contributed by atoms with van der Waals surface area (Å²) >= 11 is 1.14. The van der Waals surface area contributed by atoms with Crippen LogP contribution >= 0.6 is 11.3 Å². The third-order valence-electron chi connectivity index (χ3n) is 3.12. The highest BCUT2D eigenvalue weighted by Crippen LogP contribution is 2.34. The largest absolute Gasteiger partial charge is 0.397 e. The van der Waals surface area contributed by atoms with E-state index < -0.39 is 11.9 Å². The van der Waals surface area contributed by atoms with E-state index in [0.29, 0.717) is 15.4 Å². The van der Waals surface area contributed by atoms with E-state index in [2.05, 4.69) is 15.5 Å². The van der Waals surface area contributed by atoms with Gasteiger partial charge in [0.05, 0.1) is 30.6 Å². The van der Waals surface area contributed by atoms with Crippen molar-refractivity contribution in [3.8, 4) is 0 Å². The fourth-order valence-electron chi connectivity index (χ4n) is 1.81. The number of thiophene rings is 1. The highest BCUT2D eigenvalue weighted by atomic mass is 32.1. The van der Waals surface area contributed by atoms with Crippen LogP contribution in [0.15, 0.2) is 0 Å². The van der Waals surface area contributed by atoms with Crippen LogP contribution in [0.1, 0.15) is 20.9 Å². The number of aliphatic hydroxyl groups excluding tert-OH is 2. The van der Waals surface area contributed by atoms with E-state index in [1.807, 2.05) is 13.8 Å². The average molecular weight is 296 g/mol. The number of aryl methyl sites for hydroxylation is 2. The molecule has 0 fully saturated rings. The first-order chi connectivity index (χ1) is 9.49. The SMILES string of the molecule is Cc1nnc2sc(C(=O)NC(CO)CO)c(N)c2c1C. The predicted octanol–water partition coefficient (Wildman–Crippen LogP) is -0.0267. The van der Waals surface area contributed by atoms with Crippen LogP contribution < -0.4 is 11.1 Å². The molecule has 7 nitrogen and oxygen atoms in total. The van der Waals surface area contributed by atoms with Crippen molar-refractivity contribution in [1.29, 1.82) is 0 Å². The Balaban J connectivity index is 2.43. The Labute approximate surface area is 119 Å². The van der Waals surface area contributed by atoms with E-state index >= 15 is 0 Å². The normalized spacial score (nSPS) is 11.2. The standard InChI is InChI=1S/C12H16N4O3S/c1-5-6(2)15-16-12-8(5)9(13)10(20-12)11(19)14-7(3-17)4-18/h7,17-18H,3-4,13H2,1-2H3,(H,14,19). The molecule has 8 heteroatoms. The molecule has 0 unspecified atom stereocenters. The number of fused-ring (bicyclic) bond motifs is 1. The summed E-state index contributed by atoms with van der Waals surface area (Å²) in [7, 11) is 0. The summed E-state index contributed by atoms with van der Waals surface area (Å²) in [5.74, 6) is -0.435.